The van der Waals surface area contributed by atoms with Crippen molar-refractivity contribution in [2.75, 3.05) is 25.4 Å². The van der Waals surface area contributed by atoms with Gasteiger partial charge in [0, 0.05) is 11.6 Å². The second kappa shape index (κ2) is 9.42. The van der Waals surface area contributed by atoms with Gasteiger partial charge >= 0.3 is 6.03 Å². The number of carbonyl (C=O) groups is 3. The van der Waals surface area contributed by atoms with Gasteiger partial charge < -0.3 is 18.9 Å². The third-order valence-corrected chi connectivity index (χ3v) is 5.07. The van der Waals surface area contributed by atoms with Crippen LogP contribution in [0.2, 0.25) is 0 Å². The largest absolute Gasteiger partial charge is 0.493 e. The number of benzene rings is 2. The lowest BCUT2D eigenvalue weighted by atomic mass is 10.0. The van der Waals surface area contributed by atoms with Crippen molar-refractivity contribution in [1.29, 1.82) is 0 Å². The van der Waals surface area contributed by atoms with Gasteiger partial charge in [0.15, 0.2) is 23.0 Å². The highest BCUT2D eigenvalue weighted by Crippen LogP contribution is 2.37. The molecular weight excluding hydrogens is 440 g/mol. The number of rotatable bonds is 7. The van der Waals surface area contributed by atoms with Crippen LogP contribution in [0.25, 0.3) is 6.08 Å². The molecule has 2 heterocycles. The second-order valence-electron chi connectivity index (χ2n) is 7.19. The quantitative estimate of drug-likeness (QED) is 0.293. The number of allylic oxidation sites excluding steroid dienone is 1. The zero-order valence-electron chi connectivity index (χ0n) is 18.3. The lowest BCUT2D eigenvalue weighted by Crippen LogP contribution is -2.54. The van der Waals surface area contributed by atoms with Crippen molar-refractivity contribution in [3.8, 4) is 35.3 Å². The van der Waals surface area contributed by atoms with Crippen LogP contribution in [0.3, 0.4) is 0 Å². The molecule has 4 amide bonds. The summed E-state index contributed by atoms with van der Waals surface area (Å²) in [5, 5.41) is 2.20. The first-order valence-electron chi connectivity index (χ1n) is 10.2. The zero-order chi connectivity index (χ0) is 24.2. The molecule has 0 unspecified atom stereocenters. The Morgan fingerprint density at radius 3 is 2.74 bits per heavy atom. The molecule has 1 fully saturated rings. The van der Waals surface area contributed by atoms with Crippen LogP contribution < -0.4 is 29.2 Å². The molecule has 34 heavy (non-hydrogen) atoms. The topological polar surface area (TPSA) is 103 Å². The van der Waals surface area contributed by atoms with Gasteiger partial charge in [0.2, 0.25) is 6.79 Å². The Balaban J connectivity index is 1.74. The molecule has 9 nitrogen and oxygen atoms in total. The van der Waals surface area contributed by atoms with E-state index in [-0.39, 0.29) is 24.7 Å². The lowest BCUT2D eigenvalue weighted by molar-refractivity contribution is -0.122. The first-order chi connectivity index (χ1) is 16.5. The van der Waals surface area contributed by atoms with Crippen molar-refractivity contribution in [3.05, 3.63) is 59.7 Å². The molecule has 0 aromatic heterocycles. The van der Waals surface area contributed by atoms with E-state index in [1.54, 1.807) is 24.3 Å². The van der Waals surface area contributed by atoms with Gasteiger partial charge in [-0.25, -0.2) is 9.69 Å². The minimum atomic E-state index is -0.867. The number of nitrogens with one attached hydrogen (secondary N) is 1. The van der Waals surface area contributed by atoms with Crippen LogP contribution in [-0.4, -0.2) is 38.4 Å². The highest BCUT2D eigenvalue weighted by molar-refractivity contribution is 6.39. The first-order valence-corrected chi connectivity index (χ1v) is 10.2. The third kappa shape index (κ3) is 4.17. The van der Waals surface area contributed by atoms with Gasteiger partial charge in [-0.2, -0.15) is 0 Å². The molecule has 2 aromatic carbocycles. The van der Waals surface area contributed by atoms with Gasteiger partial charge in [-0.1, -0.05) is 12.0 Å². The first kappa shape index (κ1) is 22.5. The van der Waals surface area contributed by atoms with Gasteiger partial charge in [-0.3, -0.25) is 14.9 Å². The summed E-state index contributed by atoms with van der Waals surface area (Å²) >= 11 is 0. The maximum absolute atomic E-state index is 13.2. The molecule has 1 N–H and O–H groups in total. The van der Waals surface area contributed by atoms with E-state index in [0.717, 1.165) is 4.90 Å². The highest BCUT2D eigenvalue weighted by atomic mass is 16.7. The number of methoxy groups -OCH3 is 1. The average molecular weight is 460 g/mol. The second-order valence-corrected chi connectivity index (χ2v) is 7.19. The molecule has 172 valence electrons. The molecule has 1 saturated heterocycles. The Labute approximate surface area is 195 Å². The van der Waals surface area contributed by atoms with E-state index >= 15 is 0 Å². The van der Waals surface area contributed by atoms with Crippen LogP contribution in [0, 0.1) is 12.3 Å². The Bertz CT molecular complexity index is 1270. The highest BCUT2D eigenvalue weighted by Gasteiger charge is 2.37. The number of anilines is 1. The van der Waals surface area contributed by atoms with Crippen molar-refractivity contribution in [3.63, 3.8) is 0 Å². The molecule has 0 saturated carbocycles. The molecule has 0 bridgehead atoms. The van der Waals surface area contributed by atoms with Crippen molar-refractivity contribution >= 4 is 29.6 Å². The van der Waals surface area contributed by atoms with E-state index in [4.69, 9.17) is 25.4 Å². The fraction of sp³-hybridized carbons (Fsp3) is 0.160. The van der Waals surface area contributed by atoms with Crippen molar-refractivity contribution in [2.24, 2.45) is 0 Å². The number of fused-ring (bicyclic) bond motifs is 1. The van der Waals surface area contributed by atoms with E-state index in [9.17, 15) is 14.4 Å². The monoisotopic (exact) mass is 460 g/mol. The normalized spacial score (nSPS) is 15.7. The van der Waals surface area contributed by atoms with E-state index in [1.807, 2.05) is 0 Å². The number of hydrogen-bond donors (Lipinski definition) is 1. The van der Waals surface area contributed by atoms with Gasteiger partial charge in [-0.05, 0) is 42.3 Å². The number of terminal acetylenes is 1. The number of barbiturate groups is 1. The van der Waals surface area contributed by atoms with E-state index < -0.39 is 17.8 Å². The summed E-state index contributed by atoms with van der Waals surface area (Å²) in [6, 6.07) is 7.07. The Morgan fingerprint density at radius 1 is 1.21 bits per heavy atom. The fourth-order valence-electron chi connectivity index (χ4n) is 3.59. The number of urea groups is 1. The maximum Gasteiger partial charge on any atom is 0.335 e. The van der Waals surface area contributed by atoms with Crippen LogP contribution in [0.1, 0.15) is 11.1 Å². The van der Waals surface area contributed by atoms with Crippen molar-refractivity contribution in [1.82, 2.24) is 5.32 Å². The Hall–Kier alpha value is -4.71. The summed E-state index contributed by atoms with van der Waals surface area (Å²) in [7, 11) is 1.46. The number of amides is 4. The van der Waals surface area contributed by atoms with Crippen LogP contribution in [0.15, 0.2) is 48.6 Å². The molecule has 4 rings (SSSR count). The number of imide groups is 2. The lowest BCUT2D eigenvalue weighted by Gasteiger charge is -2.26. The number of carbonyl (C=O) groups excluding carboxylic acids is 3. The number of ether oxygens (including phenoxy) is 4. The summed E-state index contributed by atoms with van der Waals surface area (Å²) in [6.45, 7) is 3.82. The summed E-state index contributed by atoms with van der Waals surface area (Å²) in [6.07, 6.45) is 8.78. The molecule has 0 aliphatic carbocycles. The molecule has 0 atom stereocenters. The molecule has 0 spiro atoms. The SMILES string of the molecule is C#CCOc1c(CC=C)cc(/C=C2\C(=O)NC(=O)N(c3ccc4c(c3)OCO4)C2=O)cc1OC. The van der Waals surface area contributed by atoms with Gasteiger partial charge in [0.1, 0.15) is 12.2 Å². The van der Waals surface area contributed by atoms with Crippen LogP contribution in [-0.2, 0) is 16.0 Å². The van der Waals surface area contributed by atoms with Gasteiger partial charge in [-0.15, -0.1) is 13.0 Å². The number of hydrogen-bond acceptors (Lipinski definition) is 7. The smallest absolute Gasteiger partial charge is 0.335 e. The standard InChI is InChI=1S/C25H20N2O7/c1-4-6-16-10-15(12-21(31-3)22(16)32-9-5-2)11-18-23(28)26-25(30)27(24(18)29)17-7-8-19-20(13-17)34-14-33-19/h2,4,7-8,10-13H,1,6,9,14H2,3H3,(H,26,28,30)/b18-11+. The molecular formula is C25H20N2O7. The van der Waals surface area contributed by atoms with Gasteiger partial charge in [0.05, 0.1) is 12.8 Å². The molecule has 9 heteroatoms. The summed E-state index contributed by atoms with van der Waals surface area (Å²) in [5.74, 6) is 2.50. The predicted octanol–water partition coefficient (Wildman–Crippen LogP) is 2.83. The van der Waals surface area contributed by atoms with Crippen LogP contribution in [0.4, 0.5) is 10.5 Å². The zero-order valence-corrected chi connectivity index (χ0v) is 18.3. The van der Waals surface area contributed by atoms with E-state index in [2.05, 4.69) is 17.8 Å². The maximum atomic E-state index is 13.2. The van der Waals surface area contributed by atoms with Crippen LogP contribution in [0.5, 0.6) is 23.0 Å². The molecule has 2 aliphatic rings. The number of nitrogens with zero attached hydrogens (tertiary/aromatic N) is 1. The Morgan fingerprint density at radius 2 is 2.00 bits per heavy atom. The third-order valence-electron chi connectivity index (χ3n) is 5.07. The summed E-state index contributed by atoms with van der Waals surface area (Å²) in [4.78, 5) is 39.2. The summed E-state index contributed by atoms with van der Waals surface area (Å²) in [5.41, 5.74) is 1.18. The van der Waals surface area contributed by atoms with E-state index in [1.165, 1.54) is 25.3 Å². The molecule has 2 aromatic rings. The van der Waals surface area contributed by atoms with Gasteiger partial charge in [0.25, 0.3) is 11.8 Å². The van der Waals surface area contributed by atoms with E-state index in [0.29, 0.717) is 40.5 Å². The fourth-order valence-corrected chi connectivity index (χ4v) is 3.59. The summed E-state index contributed by atoms with van der Waals surface area (Å²) < 4.78 is 21.6. The van der Waals surface area contributed by atoms with Crippen molar-refractivity contribution in [2.45, 2.75) is 6.42 Å². The van der Waals surface area contributed by atoms with Crippen LogP contribution >= 0.6 is 0 Å². The molecule has 2 aliphatic heterocycles. The molecule has 0 radical (unpaired) electrons. The van der Waals surface area contributed by atoms with Crippen molar-refractivity contribution < 1.29 is 33.3 Å². The average Bonchev–Trinajstić information content (AvgIpc) is 3.29. The Kier molecular flexibility index (Phi) is 6.23. The minimum Gasteiger partial charge on any atom is -0.493 e. The minimum absolute atomic E-state index is 0.0361. The predicted molar refractivity (Wildman–Crippen MR) is 123 cm³/mol.